The molecule has 0 atom stereocenters. The Labute approximate surface area is 76.2 Å². The predicted molar refractivity (Wildman–Crippen MR) is 41.6 cm³/mol. The van der Waals surface area contributed by atoms with Crippen LogP contribution in [0.5, 0.6) is 0 Å². The molecule has 66 valence electrons. The van der Waals surface area contributed by atoms with Crippen molar-refractivity contribution in [2.75, 3.05) is 0 Å². The molecule has 0 saturated heterocycles. The first-order valence-electron chi connectivity index (χ1n) is 2.97. The fraction of sp³-hybridized carbons (Fsp3) is 0.333. The molecular weight excluding hydrogens is 208 g/mol. The number of carbonyl (C=O) groups is 1. The average Bonchev–Trinajstić information content (AvgIpc) is 2.37. The van der Waals surface area contributed by atoms with Crippen LogP contribution in [0.4, 0.5) is 8.78 Å². The van der Waals surface area contributed by atoms with Crippen molar-refractivity contribution in [3.8, 4) is 0 Å². The van der Waals surface area contributed by atoms with E-state index in [0.717, 1.165) is 11.3 Å². The number of carbonyl (C=O) groups excluding carboxylic acids is 1. The van der Waals surface area contributed by atoms with Crippen molar-refractivity contribution >= 4 is 28.7 Å². The van der Waals surface area contributed by atoms with E-state index in [1.54, 1.807) is 0 Å². The van der Waals surface area contributed by atoms with Gasteiger partial charge in [-0.2, -0.15) is 8.78 Å². The monoisotopic (exact) mass is 211 g/mol. The van der Waals surface area contributed by atoms with E-state index in [9.17, 15) is 13.6 Å². The molecule has 0 aliphatic rings. The molecule has 0 bridgehead atoms. The standard InChI is InChI=1S/C6H4ClF2NOS/c7-6(8,9)5(11)1-4-2-10-3-12-4/h2-3H,1H2. The fourth-order valence-electron chi connectivity index (χ4n) is 0.588. The quantitative estimate of drug-likeness (QED) is 0.717. The molecule has 0 fully saturated rings. The van der Waals surface area contributed by atoms with E-state index in [4.69, 9.17) is 0 Å². The zero-order valence-corrected chi connectivity index (χ0v) is 7.33. The van der Waals surface area contributed by atoms with Crippen LogP contribution in [0.25, 0.3) is 0 Å². The van der Waals surface area contributed by atoms with Gasteiger partial charge in [0, 0.05) is 11.1 Å². The van der Waals surface area contributed by atoms with Crippen LogP contribution < -0.4 is 0 Å². The number of rotatable bonds is 3. The molecule has 0 aliphatic carbocycles. The van der Waals surface area contributed by atoms with Gasteiger partial charge in [-0.05, 0) is 11.6 Å². The first-order valence-corrected chi connectivity index (χ1v) is 4.23. The van der Waals surface area contributed by atoms with Crippen LogP contribution in [-0.2, 0) is 11.2 Å². The molecule has 12 heavy (non-hydrogen) atoms. The summed E-state index contributed by atoms with van der Waals surface area (Å²) in [4.78, 5) is 14.8. The SMILES string of the molecule is O=C(Cc1cncs1)C(F)(F)Cl. The Bertz CT molecular complexity index is 270. The number of alkyl halides is 3. The van der Waals surface area contributed by atoms with Crippen LogP contribution in [0, 0.1) is 0 Å². The molecule has 0 spiro atoms. The maximum atomic E-state index is 12.1. The van der Waals surface area contributed by atoms with E-state index < -0.39 is 11.2 Å². The van der Waals surface area contributed by atoms with Gasteiger partial charge in [-0.25, -0.2) is 0 Å². The third-order valence-corrected chi connectivity index (χ3v) is 2.12. The van der Waals surface area contributed by atoms with Crippen LogP contribution >= 0.6 is 22.9 Å². The lowest BCUT2D eigenvalue weighted by molar-refractivity contribution is -0.132. The number of hydrogen-bond donors (Lipinski definition) is 0. The summed E-state index contributed by atoms with van der Waals surface area (Å²) in [5.41, 5.74) is 1.47. The third-order valence-electron chi connectivity index (χ3n) is 1.13. The molecule has 0 N–H and O–H groups in total. The number of ketones is 1. The summed E-state index contributed by atoms with van der Waals surface area (Å²) in [5, 5.41) is -3.76. The molecule has 1 heterocycles. The molecule has 1 rings (SSSR count). The Hall–Kier alpha value is -0.550. The van der Waals surface area contributed by atoms with Gasteiger partial charge in [0.25, 0.3) is 0 Å². The molecule has 1 aromatic rings. The van der Waals surface area contributed by atoms with Gasteiger partial charge in [0.05, 0.1) is 11.9 Å². The minimum absolute atomic E-state index is 0.360. The van der Waals surface area contributed by atoms with Crippen molar-refractivity contribution in [1.29, 1.82) is 0 Å². The van der Waals surface area contributed by atoms with E-state index in [-0.39, 0.29) is 6.42 Å². The second-order valence-electron chi connectivity index (χ2n) is 2.07. The summed E-state index contributed by atoms with van der Waals surface area (Å²) < 4.78 is 24.2. The number of Topliss-reactive ketones (excluding diaryl/α,β-unsaturated/α-hetero) is 1. The highest BCUT2D eigenvalue weighted by atomic mass is 35.5. The Kier molecular flexibility index (Phi) is 2.74. The molecule has 1 aromatic heterocycles. The minimum Gasteiger partial charge on any atom is -0.291 e. The van der Waals surface area contributed by atoms with E-state index >= 15 is 0 Å². The Balaban J connectivity index is 2.60. The van der Waals surface area contributed by atoms with Crippen LogP contribution in [0.15, 0.2) is 11.7 Å². The molecule has 0 aliphatic heterocycles. The Morgan fingerprint density at radius 3 is 2.83 bits per heavy atom. The summed E-state index contributed by atoms with van der Waals surface area (Å²) in [6, 6.07) is 0. The van der Waals surface area contributed by atoms with Crippen LogP contribution in [0.1, 0.15) is 4.88 Å². The van der Waals surface area contributed by atoms with E-state index in [1.807, 2.05) is 0 Å². The summed E-state index contributed by atoms with van der Waals surface area (Å²) in [5.74, 6) is -1.30. The molecule has 0 radical (unpaired) electrons. The van der Waals surface area contributed by atoms with Crippen molar-refractivity contribution in [3.05, 3.63) is 16.6 Å². The summed E-state index contributed by atoms with van der Waals surface area (Å²) in [6.07, 6.45) is 1.01. The molecule has 2 nitrogen and oxygen atoms in total. The molecule has 0 saturated carbocycles. The topological polar surface area (TPSA) is 30.0 Å². The summed E-state index contributed by atoms with van der Waals surface area (Å²) >= 11 is 5.65. The maximum absolute atomic E-state index is 12.1. The van der Waals surface area contributed by atoms with Gasteiger partial charge in [-0.1, -0.05) is 0 Å². The van der Waals surface area contributed by atoms with Gasteiger partial charge in [0.15, 0.2) is 0 Å². The second-order valence-corrected chi connectivity index (χ2v) is 3.51. The highest BCUT2D eigenvalue weighted by Gasteiger charge is 2.35. The van der Waals surface area contributed by atoms with Crippen molar-refractivity contribution in [3.63, 3.8) is 0 Å². The van der Waals surface area contributed by atoms with Crippen molar-refractivity contribution < 1.29 is 13.6 Å². The summed E-state index contributed by atoms with van der Waals surface area (Å²) in [7, 11) is 0. The van der Waals surface area contributed by atoms with E-state index in [1.165, 1.54) is 11.7 Å². The third kappa shape index (κ3) is 2.49. The van der Waals surface area contributed by atoms with Crippen LogP contribution in [0.2, 0.25) is 0 Å². The van der Waals surface area contributed by atoms with Crippen molar-refractivity contribution in [2.24, 2.45) is 0 Å². The van der Waals surface area contributed by atoms with E-state index in [0.29, 0.717) is 4.88 Å². The first kappa shape index (κ1) is 9.54. The zero-order chi connectivity index (χ0) is 9.19. The lowest BCUT2D eigenvalue weighted by Crippen LogP contribution is -2.22. The minimum atomic E-state index is -3.76. The van der Waals surface area contributed by atoms with Crippen molar-refractivity contribution in [2.45, 2.75) is 11.8 Å². The highest BCUT2D eigenvalue weighted by molar-refractivity contribution is 7.09. The lowest BCUT2D eigenvalue weighted by atomic mass is 10.3. The normalized spacial score (nSPS) is 11.6. The number of hydrogen-bond acceptors (Lipinski definition) is 3. The molecule has 0 aromatic carbocycles. The van der Waals surface area contributed by atoms with Gasteiger partial charge in [0.1, 0.15) is 0 Å². The zero-order valence-electron chi connectivity index (χ0n) is 5.76. The molecule has 6 heteroatoms. The second kappa shape index (κ2) is 3.45. The van der Waals surface area contributed by atoms with Gasteiger partial charge in [-0.3, -0.25) is 9.78 Å². The predicted octanol–water partition coefficient (Wildman–Crippen LogP) is 2.09. The van der Waals surface area contributed by atoms with Crippen LogP contribution in [-0.4, -0.2) is 16.1 Å². The van der Waals surface area contributed by atoms with Crippen molar-refractivity contribution in [1.82, 2.24) is 4.98 Å². The van der Waals surface area contributed by atoms with Gasteiger partial charge in [0.2, 0.25) is 5.78 Å². The molecule has 0 amide bonds. The highest BCUT2D eigenvalue weighted by Crippen LogP contribution is 2.22. The maximum Gasteiger partial charge on any atom is 0.380 e. The van der Waals surface area contributed by atoms with Gasteiger partial charge in [-0.15, -0.1) is 11.3 Å². The lowest BCUT2D eigenvalue weighted by Gasteiger charge is -2.03. The van der Waals surface area contributed by atoms with Gasteiger partial charge < -0.3 is 0 Å². The van der Waals surface area contributed by atoms with E-state index in [2.05, 4.69) is 16.6 Å². The smallest absolute Gasteiger partial charge is 0.291 e. The van der Waals surface area contributed by atoms with Crippen LogP contribution in [0.3, 0.4) is 0 Å². The number of nitrogens with zero attached hydrogens (tertiary/aromatic N) is 1. The first-order chi connectivity index (χ1) is 5.50. The largest absolute Gasteiger partial charge is 0.380 e. The average molecular weight is 212 g/mol. The fourth-order valence-corrected chi connectivity index (χ4v) is 1.25. The number of halogens is 3. The Morgan fingerprint density at radius 2 is 2.42 bits per heavy atom. The Morgan fingerprint density at radius 1 is 1.75 bits per heavy atom. The number of aromatic nitrogens is 1. The number of thiazole rings is 1. The molecular formula is C6H4ClF2NOS. The molecule has 0 unspecified atom stereocenters. The summed E-state index contributed by atoms with van der Waals surface area (Å²) in [6.45, 7) is 0. The van der Waals surface area contributed by atoms with Gasteiger partial charge >= 0.3 is 5.38 Å².